The summed E-state index contributed by atoms with van der Waals surface area (Å²) < 4.78 is 13.7. The fourth-order valence-corrected chi connectivity index (χ4v) is 5.13. The first-order valence-electron chi connectivity index (χ1n) is 11.5. The zero-order valence-electron chi connectivity index (χ0n) is 20.0. The fourth-order valence-electron chi connectivity index (χ4n) is 5.13. The van der Waals surface area contributed by atoms with E-state index in [1.807, 2.05) is 26.0 Å². The SMILES string of the molecule is CCOc1ccc(-n2c(C)c3c(C)nnc(N4CCc5ccccc5C4)c3c2C)c(OC)c1. The summed E-state index contributed by atoms with van der Waals surface area (Å²) in [5.74, 6) is 2.53. The fraction of sp³-hybridized carbons (Fsp3) is 0.333. The van der Waals surface area contributed by atoms with Crippen molar-refractivity contribution in [2.45, 2.75) is 40.7 Å². The maximum absolute atomic E-state index is 5.77. The van der Waals surface area contributed by atoms with Crippen molar-refractivity contribution >= 4 is 16.6 Å². The van der Waals surface area contributed by atoms with Crippen LogP contribution in [-0.2, 0) is 13.0 Å². The number of ether oxygens (including phenoxy) is 2. The van der Waals surface area contributed by atoms with E-state index in [9.17, 15) is 0 Å². The topological polar surface area (TPSA) is 52.4 Å². The first-order valence-corrected chi connectivity index (χ1v) is 11.5. The average Bonchev–Trinajstić information content (AvgIpc) is 3.10. The number of fused-ring (bicyclic) bond motifs is 2. The molecule has 5 rings (SSSR count). The molecule has 170 valence electrons. The van der Waals surface area contributed by atoms with Gasteiger partial charge in [0.2, 0.25) is 0 Å². The molecule has 0 saturated carbocycles. The van der Waals surface area contributed by atoms with Crippen LogP contribution in [0, 0.1) is 20.8 Å². The summed E-state index contributed by atoms with van der Waals surface area (Å²) in [6.45, 7) is 10.7. The molecule has 1 aliphatic rings. The Hall–Kier alpha value is -3.54. The molecule has 6 nitrogen and oxygen atoms in total. The predicted octanol–water partition coefficient (Wildman–Crippen LogP) is 5.32. The molecule has 4 aromatic rings. The molecule has 0 amide bonds. The lowest BCUT2D eigenvalue weighted by Crippen LogP contribution is -2.31. The number of benzene rings is 2. The highest BCUT2D eigenvalue weighted by Crippen LogP contribution is 2.39. The predicted molar refractivity (Wildman–Crippen MR) is 132 cm³/mol. The minimum absolute atomic E-state index is 0.618. The maximum Gasteiger partial charge on any atom is 0.161 e. The summed E-state index contributed by atoms with van der Waals surface area (Å²) in [5.41, 5.74) is 6.99. The third-order valence-electron chi connectivity index (χ3n) is 6.66. The van der Waals surface area contributed by atoms with Crippen LogP contribution in [0.1, 0.15) is 35.1 Å². The number of aromatic nitrogens is 3. The number of hydrogen-bond donors (Lipinski definition) is 0. The van der Waals surface area contributed by atoms with E-state index in [2.05, 4.69) is 58.7 Å². The smallest absolute Gasteiger partial charge is 0.161 e. The summed E-state index contributed by atoms with van der Waals surface area (Å²) in [5, 5.41) is 11.6. The normalized spacial score (nSPS) is 13.3. The Bertz CT molecular complexity index is 1340. The molecule has 6 heteroatoms. The van der Waals surface area contributed by atoms with E-state index in [-0.39, 0.29) is 0 Å². The molecule has 2 aromatic heterocycles. The number of rotatable bonds is 5. The molecule has 0 saturated heterocycles. The van der Waals surface area contributed by atoms with Gasteiger partial charge in [-0.2, -0.15) is 5.10 Å². The van der Waals surface area contributed by atoms with Gasteiger partial charge in [0, 0.05) is 41.3 Å². The van der Waals surface area contributed by atoms with Crippen molar-refractivity contribution in [2.24, 2.45) is 0 Å². The van der Waals surface area contributed by atoms with Gasteiger partial charge >= 0.3 is 0 Å². The molecular formula is C27H30N4O2. The Morgan fingerprint density at radius 2 is 1.70 bits per heavy atom. The third kappa shape index (κ3) is 3.50. The van der Waals surface area contributed by atoms with Crippen LogP contribution in [0.4, 0.5) is 5.82 Å². The van der Waals surface area contributed by atoms with Crippen molar-refractivity contribution in [1.82, 2.24) is 14.8 Å². The van der Waals surface area contributed by atoms with Crippen molar-refractivity contribution in [1.29, 1.82) is 0 Å². The minimum atomic E-state index is 0.618. The van der Waals surface area contributed by atoms with E-state index < -0.39 is 0 Å². The van der Waals surface area contributed by atoms with Gasteiger partial charge in [0.1, 0.15) is 11.5 Å². The molecule has 0 atom stereocenters. The lowest BCUT2D eigenvalue weighted by atomic mass is 9.99. The van der Waals surface area contributed by atoms with Gasteiger partial charge in [-0.25, -0.2) is 0 Å². The Labute approximate surface area is 194 Å². The van der Waals surface area contributed by atoms with E-state index in [4.69, 9.17) is 14.6 Å². The Morgan fingerprint density at radius 1 is 0.939 bits per heavy atom. The van der Waals surface area contributed by atoms with Crippen LogP contribution in [0.15, 0.2) is 42.5 Å². The van der Waals surface area contributed by atoms with Crippen LogP contribution in [0.2, 0.25) is 0 Å². The molecule has 0 radical (unpaired) electrons. The Morgan fingerprint density at radius 3 is 2.45 bits per heavy atom. The summed E-state index contributed by atoms with van der Waals surface area (Å²) in [6, 6.07) is 14.7. The highest BCUT2D eigenvalue weighted by atomic mass is 16.5. The largest absolute Gasteiger partial charge is 0.494 e. The van der Waals surface area contributed by atoms with Crippen LogP contribution in [0.3, 0.4) is 0 Å². The lowest BCUT2D eigenvalue weighted by molar-refractivity contribution is 0.336. The first-order chi connectivity index (χ1) is 16.0. The molecule has 0 N–H and O–H groups in total. The van der Waals surface area contributed by atoms with Crippen LogP contribution >= 0.6 is 0 Å². The second-order valence-corrected chi connectivity index (χ2v) is 8.57. The number of methoxy groups -OCH3 is 1. The molecule has 0 unspecified atom stereocenters. The van der Waals surface area contributed by atoms with Gasteiger partial charge in [-0.3, -0.25) is 0 Å². The summed E-state index contributed by atoms with van der Waals surface area (Å²) in [4.78, 5) is 2.36. The Balaban J connectivity index is 1.68. The van der Waals surface area contributed by atoms with Gasteiger partial charge < -0.3 is 18.9 Å². The molecule has 0 fully saturated rings. The van der Waals surface area contributed by atoms with Crippen molar-refractivity contribution < 1.29 is 9.47 Å². The summed E-state index contributed by atoms with van der Waals surface area (Å²) >= 11 is 0. The molecule has 0 spiro atoms. The molecule has 3 heterocycles. The summed E-state index contributed by atoms with van der Waals surface area (Å²) in [7, 11) is 1.70. The highest BCUT2D eigenvalue weighted by molar-refractivity contribution is 5.99. The Kier molecular flexibility index (Phi) is 5.44. The molecule has 0 bridgehead atoms. The number of hydrogen-bond acceptors (Lipinski definition) is 5. The zero-order chi connectivity index (χ0) is 23.1. The lowest BCUT2D eigenvalue weighted by Gasteiger charge is -2.30. The van der Waals surface area contributed by atoms with E-state index in [1.54, 1.807) is 7.11 Å². The zero-order valence-corrected chi connectivity index (χ0v) is 20.0. The maximum atomic E-state index is 5.77. The van der Waals surface area contributed by atoms with Gasteiger partial charge in [-0.15, -0.1) is 5.10 Å². The van der Waals surface area contributed by atoms with Gasteiger partial charge in [0.05, 0.1) is 25.1 Å². The van der Waals surface area contributed by atoms with E-state index in [0.29, 0.717) is 6.61 Å². The van der Waals surface area contributed by atoms with Gasteiger partial charge in [-0.05, 0) is 57.4 Å². The van der Waals surface area contributed by atoms with Gasteiger partial charge in [-0.1, -0.05) is 24.3 Å². The van der Waals surface area contributed by atoms with E-state index >= 15 is 0 Å². The second kappa shape index (κ2) is 8.43. The van der Waals surface area contributed by atoms with Crippen LogP contribution in [0.25, 0.3) is 16.5 Å². The average molecular weight is 443 g/mol. The van der Waals surface area contributed by atoms with Gasteiger partial charge in [0.15, 0.2) is 5.82 Å². The molecular weight excluding hydrogens is 412 g/mol. The van der Waals surface area contributed by atoms with E-state index in [0.717, 1.165) is 70.4 Å². The first kappa shape index (κ1) is 21.3. The summed E-state index contributed by atoms with van der Waals surface area (Å²) in [6.07, 6.45) is 1.01. The van der Waals surface area contributed by atoms with E-state index in [1.165, 1.54) is 11.1 Å². The quantitative estimate of drug-likeness (QED) is 0.419. The van der Waals surface area contributed by atoms with Crippen LogP contribution in [-0.4, -0.2) is 35.0 Å². The van der Waals surface area contributed by atoms with Crippen molar-refractivity contribution in [3.63, 3.8) is 0 Å². The van der Waals surface area contributed by atoms with Crippen LogP contribution in [0.5, 0.6) is 11.5 Å². The number of aryl methyl sites for hydroxylation is 3. The molecule has 33 heavy (non-hydrogen) atoms. The molecule has 1 aliphatic heterocycles. The molecule has 2 aromatic carbocycles. The number of nitrogens with zero attached hydrogens (tertiary/aromatic N) is 4. The monoisotopic (exact) mass is 442 g/mol. The standard InChI is InChI=1S/C27H30N4O2/c1-6-33-22-11-12-23(24(15-22)32-5)31-18(3)25-17(2)28-29-27(26(25)19(31)4)30-14-13-20-9-7-8-10-21(20)16-30/h7-12,15H,6,13-14,16H2,1-5H3. The van der Waals surface area contributed by atoms with Crippen molar-refractivity contribution in [3.8, 4) is 17.2 Å². The van der Waals surface area contributed by atoms with Gasteiger partial charge in [0.25, 0.3) is 0 Å². The molecule has 0 aliphatic carbocycles. The highest BCUT2D eigenvalue weighted by Gasteiger charge is 2.25. The third-order valence-corrected chi connectivity index (χ3v) is 6.66. The van der Waals surface area contributed by atoms with Crippen LogP contribution < -0.4 is 14.4 Å². The van der Waals surface area contributed by atoms with Crippen molar-refractivity contribution in [2.75, 3.05) is 25.2 Å². The van der Waals surface area contributed by atoms with Crippen molar-refractivity contribution in [3.05, 3.63) is 70.7 Å². The minimum Gasteiger partial charge on any atom is -0.494 e. The number of anilines is 1. The second-order valence-electron chi connectivity index (χ2n) is 8.57.